The van der Waals surface area contributed by atoms with Gasteiger partial charge in [-0.3, -0.25) is 14.4 Å². The lowest BCUT2D eigenvalue weighted by atomic mass is 9.90. The lowest BCUT2D eigenvalue weighted by Gasteiger charge is -2.39. The Bertz CT molecular complexity index is 408. The van der Waals surface area contributed by atoms with Crippen molar-refractivity contribution in [2.24, 2.45) is 5.92 Å². The maximum absolute atomic E-state index is 11.6. The zero-order valence-electron chi connectivity index (χ0n) is 12.7. The quantitative estimate of drug-likeness (QED) is 0.650. The minimum Gasteiger partial charge on any atom is -0.481 e. The maximum Gasteiger partial charge on any atom is 0.305 e. The van der Waals surface area contributed by atoms with Gasteiger partial charge in [-0.05, 0) is 6.42 Å². The van der Waals surface area contributed by atoms with Crippen LogP contribution in [0.4, 0.5) is 0 Å². The predicted octanol–water partition coefficient (Wildman–Crippen LogP) is 0.460. The number of aliphatic carboxylic acids is 1. The monoisotopic (exact) mass is 318 g/mol. The van der Waals surface area contributed by atoms with Gasteiger partial charge >= 0.3 is 17.9 Å². The second kappa shape index (κ2) is 8.70. The first kappa shape index (κ1) is 18.4. The zero-order chi connectivity index (χ0) is 16.7. The largest absolute Gasteiger partial charge is 0.481 e. The first-order chi connectivity index (χ1) is 10.4. The van der Waals surface area contributed by atoms with Gasteiger partial charge in [-0.25, -0.2) is 0 Å². The molecule has 1 rings (SSSR count). The maximum atomic E-state index is 11.6. The van der Waals surface area contributed by atoms with Gasteiger partial charge in [0, 0.05) is 19.3 Å². The molecule has 0 bridgehead atoms. The van der Waals surface area contributed by atoms with Crippen molar-refractivity contribution in [1.29, 1.82) is 0 Å². The minimum absolute atomic E-state index is 0.0400. The molecule has 8 nitrogen and oxygen atoms in total. The fraction of sp³-hybridized carbons (Fsp3) is 0.786. The van der Waals surface area contributed by atoms with E-state index in [0.29, 0.717) is 0 Å². The van der Waals surface area contributed by atoms with Crippen LogP contribution in [-0.4, -0.2) is 53.2 Å². The second-order valence-corrected chi connectivity index (χ2v) is 5.01. The summed E-state index contributed by atoms with van der Waals surface area (Å²) in [6.07, 6.45) is -2.97. The molecule has 0 saturated carbocycles. The van der Waals surface area contributed by atoms with Crippen LogP contribution >= 0.6 is 0 Å². The summed E-state index contributed by atoms with van der Waals surface area (Å²) in [5.41, 5.74) is 0. The number of rotatable bonds is 7. The molecule has 0 amide bonds. The van der Waals surface area contributed by atoms with Crippen molar-refractivity contribution < 1.29 is 38.8 Å². The molecule has 0 aliphatic carbocycles. The van der Waals surface area contributed by atoms with E-state index in [2.05, 4.69) is 0 Å². The van der Waals surface area contributed by atoms with Crippen LogP contribution in [-0.2, 0) is 28.6 Å². The second-order valence-electron chi connectivity index (χ2n) is 5.01. The molecule has 0 unspecified atom stereocenters. The summed E-state index contributed by atoms with van der Waals surface area (Å²) in [6.45, 7) is 3.12. The van der Waals surface area contributed by atoms with Gasteiger partial charge in [0.05, 0.1) is 12.5 Å². The Morgan fingerprint density at radius 2 is 1.73 bits per heavy atom. The summed E-state index contributed by atoms with van der Waals surface area (Å²) in [7, 11) is 0. The Labute approximate surface area is 128 Å². The molecule has 1 heterocycles. The lowest BCUT2D eigenvalue weighted by molar-refractivity contribution is -0.246. The highest BCUT2D eigenvalue weighted by atomic mass is 16.6. The number of aliphatic hydroxyl groups excluding tert-OH is 1. The Morgan fingerprint density at radius 3 is 2.27 bits per heavy atom. The number of carboxylic acid groups (broad SMARTS) is 1. The number of ether oxygens (including phenoxy) is 3. The molecular weight excluding hydrogens is 296 g/mol. The standard InChI is InChI=1S/C14H22O8/c1-3-11(17)21-9-7-20-14(19)8(5-6-10(15)16)13(9)22-12(18)4-2/h8-9,13-14,19H,3-7H2,1-2H3,(H,15,16)/t8-,9-,13+,14-/m1/s1. The molecule has 1 aliphatic heterocycles. The van der Waals surface area contributed by atoms with Crippen LogP contribution in [0.3, 0.4) is 0 Å². The molecule has 0 aromatic rings. The van der Waals surface area contributed by atoms with Crippen LogP contribution in [0.15, 0.2) is 0 Å². The number of esters is 2. The van der Waals surface area contributed by atoms with E-state index in [1.807, 2.05) is 0 Å². The van der Waals surface area contributed by atoms with Crippen LogP contribution < -0.4 is 0 Å². The summed E-state index contributed by atoms with van der Waals surface area (Å²) in [5, 5.41) is 18.7. The molecule has 4 atom stereocenters. The molecule has 2 N–H and O–H groups in total. The molecule has 1 aliphatic rings. The Kier molecular flexibility index (Phi) is 7.26. The molecular formula is C14H22O8. The van der Waals surface area contributed by atoms with Gasteiger partial charge < -0.3 is 24.4 Å². The molecule has 0 aromatic heterocycles. The lowest BCUT2D eigenvalue weighted by Crippen LogP contribution is -2.52. The third kappa shape index (κ3) is 5.27. The highest BCUT2D eigenvalue weighted by Gasteiger charge is 2.44. The van der Waals surface area contributed by atoms with E-state index in [4.69, 9.17) is 19.3 Å². The normalized spacial score (nSPS) is 28.0. The topological polar surface area (TPSA) is 119 Å². The fourth-order valence-electron chi connectivity index (χ4n) is 2.20. The SMILES string of the molecule is CCC(=O)O[C@H]1[C@@H](CCC(=O)O)[C@H](O)OC[C@H]1OC(=O)CC. The summed E-state index contributed by atoms with van der Waals surface area (Å²) in [4.78, 5) is 33.8. The van der Waals surface area contributed by atoms with Crippen molar-refractivity contribution in [2.75, 3.05) is 6.61 Å². The van der Waals surface area contributed by atoms with Crippen LogP contribution in [0.25, 0.3) is 0 Å². The van der Waals surface area contributed by atoms with Crippen LogP contribution in [0.2, 0.25) is 0 Å². The number of aliphatic hydroxyl groups is 1. The Morgan fingerprint density at radius 1 is 1.14 bits per heavy atom. The van der Waals surface area contributed by atoms with E-state index in [-0.39, 0.29) is 32.3 Å². The molecule has 1 fully saturated rings. The van der Waals surface area contributed by atoms with Gasteiger partial charge in [-0.2, -0.15) is 0 Å². The van der Waals surface area contributed by atoms with Gasteiger partial charge in [0.1, 0.15) is 6.10 Å². The summed E-state index contributed by atoms with van der Waals surface area (Å²) in [5.74, 6) is -2.81. The number of hydrogen-bond donors (Lipinski definition) is 2. The van der Waals surface area contributed by atoms with E-state index in [0.717, 1.165) is 0 Å². The zero-order valence-corrected chi connectivity index (χ0v) is 12.7. The molecule has 0 spiro atoms. The fourth-order valence-corrected chi connectivity index (χ4v) is 2.20. The molecule has 22 heavy (non-hydrogen) atoms. The van der Waals surface area contributed by atoms with Crippen molar-refractivity contribution in [3.05, 3.63) is 0 Å². The van der Waals surface area contributed by atoms with E-state index in [1.54, 1.807) is 13.8 Å². The molecule has 8 heteroatoms. The Hall–Kier alpha value is -1.67. The summed E-state index contributed by atoms with van der Waals surface area (Å²) < 4.78 is 15.6. The van der Waals surface area contributed by atoms with E-state index < -0.39 is 42.3 Å². The average Bonchev–Trinajstić information content (AvgIpc) is 2.48. The molecule has 0 aromatic carbocycles. The van der Waals surface area contributed by atoms with E-state index >= 15 is 0 Å². The number of carbonyl (C=O) groups is 3. The van der Waals surface area contributed by atoms with Gasteiger partial charge in [0.25, 0.3) is 0 Å². The minimum atomic E-state index is -1.27. The number of carboxylic acids is 1. The molecule has 126 valence electrons. The van der Waals surface area contributed by atoms with Gasteiger partial charge in [0.15, 0.2) is 12.4 Å². The summed E-state index contributed by atoms with van der Waals surface area (Å²) >= 11 is 0. The van der Waals surface area contributed by atoms with Crippen molar-refractivity contribution in [3.63, 3.8) is 0 Å². The van der Waals surface area contributed by atoms with Crippen molar-refractivity contribution >= 4 is 17.9 Å². The number of carbonyl (C=O) groups excluding carboxylic acids is 2. The van der Waals surface area contributed by atoms with Crippen molar-refractivity contribution in [2.45, 2.75) is 58.0 Å². The highest BCUT2D eigenvalue weighted by molar-refractivity contribution is 5.70. The van der Waals surface area contributed by atoms with Crippen LogP contribution in [0.1, 0.15) is 39.5 Å². The first-order valence-electron chi connectivity index (χ1n) is 7.29. The molecule has 1 saturated heterocycles. The number of hydrogen-bond acceptors (Lipinski definition) is 7. The van der Waals surface area contributed by atoms with Gasteiger partial charge in [-0.15, -0.1) is 0 Å². The van der Waals surface area contributed by atoms with Gasteiger partial charge in [-0.1, -0.05) is 13.8 Å². The third-order valence-corrected chi connectivity index (χ3v) is 3.41. The van der Waals surface area contributed by atoms with E-state index in [1.165, 1.54) is 0 Å². The van der Waals surface area contributed by atoms with Crippen molar-refractivity contribution in [3.8, 4) is 0 Å². The smallest absolute Gasteiger partial charge is 0.305 e. The Balaban J connectivity index is 2.87. The third-order valence-electron chi connectivity index (χ3n) is 3.41. The predicted molar refractivity (Wildman–Crippen MR) is 72.7 cm³/mol. The van der Waals surface area contributed by atoms with Crippen LogP contribution in [0.5, 0.6) is 0 Å². The summed E-state index contributed by atoms with van der Waals surface area (Å²) in [6, 6.07) is 0. The van der Waals surface area contributed by atoms with Crippen molar-refractivity contribution in [1.82, 2.24) is 0 Å². The molecule has 0 radical (unpaired) electrons. The van der Waals surface area contributed by atoms with Gasteiger partial charge in [0.2, 0.25) is 0 Å². The average molecular weight is 318 g/mol. The van der Waals surface area contributed by atoms with Crippen LogP contribution in [0, 0.1) is 5.92 Å². The highest BCUT2D eigenvalue weighted by Crippen LogP contribution is 2.29. The van der Waals surface area contributed by atoms with E-state index in [9.17, 15) is 19.5 Å². The first-order valence-corrected chi connectivity index (χ1v) is 7.29.